The zero-order valence-corrected chi connectivity index (χ0v) is 11.6. The normalized spacial score (nSPS) is 9.80. The van der Waals surface area contributed by atoms with Gasteiger partial charge in [0.05, 0.1) is 4.47 Å². The molecule has 0 amide bonds. The molecule has 0 atom stereocenters. The van der Waals surface area contributed by atoms with E-state index in [0.717, 1.165) is 0 Å². The molecule has 0 aliphatic carbocycles. The van der Waals surface area contributed by atoms with Gasteiger partial charge in [0, 0.05) is 12.3 Å². The highest BCUT2D eigenvalue weighted by molar-refractivity contribution is 9.10. The third-order valence-corrected chi connectivity index (χ3v) is 2.74. The summed E-state index contributed by atoms with van der Waals surface area (Å²) in [5.41, 5.74) is 0.943. The molecule has 20 heavy (non-hydrogen) atoms. The van der Waals surface area contributed by atoms with Crippen LogP contribution in [-0.4, -0.2) is 14.9 Å². The third kappa shape index (κ3) is 3.27. The van der Waals surface area contributed by atoms with Crippen LogP contribution in [0.25, 0.3) is 0 Å². The number of nitrogens with zero attached hydrogens (tertiary/aromatic N) is 4. The number of pyridine rings is 2. The van der Waals surface area contributed by atoms with Crippen LogP contribution < -0.4 is 4.74 Å². The Hall–Kier alpha value is -2.53. The molecule has 0 bridgehead atoms. The van der Waals surface area contributed by atoms with E-state index in [2.05, 4.69) is 25.9 Å². The lowest BCUT2D eigenvalue weighted by molar-refractivity contribution is -0.390. The number of aromatic nitrogens is 2. The Balaban J connectivity index is 2.20. The molecule has 0 N–H and O–H groups in total. The van der Waals surface area contributed by atoms with Gasteiger partial charge in [-0.15, -0.1) is 0 Å². The van der Waals surface area contributed by atoms with Crippen molar-refractivity contribution in [1.29, 1.82) is 5.26 Å². The van der Waals surface area contributed by atoms with Crippen LogP contribution in [0.15, 0.2) is 35.1 Å². The van der Waals surface area contributed by atoms with Crippen LogP contribution in [0, 0.1) is 21.4 Å². The monoisotopic (exact) mass is 334 g/mol. The van der Waals surface area contributed by atoms with Crippen molar-refractivity contribution in [1.82, 2.24) is 9.97 Å². The van der Waals surface area contributed by atoms with E-state index in [0.29, 0.717) is 10.0 Å². The Kier molecular flexibility index (Phi) is 4.22. The smallest absolute Gasteiger partial charge is 0.406 e. The summed E-state index contributed by atoms with van der Waals surface area (Å²) >= 11 is 3.18. The molecule has 0 saturated carbocycles. The molecule has 8 heteroatoms. The zero-order valence-electron chi connectivity index (χ0n) is 9.99. The van der Waals surface area contributed by atoms with Gasteiger partial charge >= 0.3 is 5.82 Å². The van der Waals surface area contributed by atoms with Gasteiger partial charge in [0.15, 0.2) is 6.20 Å². The fourth-order valence-electron chi connectivity index (χ4n) is 1.44. The summed E-state index contributed by atoms with van der Waals surface area (Å²) in [5, 5.41) is 19.6. The summed E-state index contributed by atoms with van der Waals surface area (Å²) in [6, 6.07) is 6.60. The summed E-state index contributed by atoms with van der Waals surface area (Å²) in [6.45, 7) is 0.0795. The van der Waals surface area contributed by atoms with Gasteiger partial charge in [-0.1, -0.05) is 0 Å². The molecular formula is C12H7BrN4O3. The van der Waals surface area contributed by atoms with E-state index in [1.54, 1.807) is 12.1 Å². The van der Waals surface area contributed by atoms with E-state index in [1.807, 2.05) is 6.07 Å². The summed E-state index contributed by atoms with van der Waals surface area (Å²) in [7, 11) is 0. The van der Waals surface area contributed by atoms with E-state index in [9.17, 15) is 10.1 Å². The molecule has 0 saturated heterocycles. The van der Waals surface area contributed by atoms with E-state index in [-0.39, 0.29) is 23.9 Å². The average molecular weight is 335 g/mol. The number of ether oxygens (including phenoxy) is 1. The number of hydrogen-bond acceptors (Lipinski definition) is 6. The van der Waals surface area contributed by atoms with Gasteiger partial charge in [0.25, 0.3) is 0 Å². The summed E-state index contributed by atoms with van der Waals surface area (Å²) in [5.74, 6) is -0.303. The molecule has 0 fully saturated rings. The maximum atomic E-state index is 10.8. The van der Waals surface area contributed by atoms with Crippen LogP contribution in [0.4, 0.5) is 5.82 Å². The van der Waals surface area contributed by atoms with Crippen molar-refractivity contribution in [3.63, 3.8) is 0 Å². The lowest BCUT2D eigenvalue weighted by atomic mass is 10.2. The van der Waals surface area contributed by atoms with Crippen LogP contribution in [0.3, 0.4) is 0 Å². The van der Waals surface area contributed by atoms with Crippen molar-refractivity contribution < 1.29 is 9.66 Å². The molecule has 0 aliphatic rings. The number of nitro groups is 1. The highest BCUT2D eigenvalue weighted by Crippen LogP contribution is 2.28. The minimum atomic E-state index is -0.616. The zero-order chi connectivity index (χ0) is 14.5. The number of rotatable bonds is 4. The largest absolute Gasteiger partial charge is 0.481 e. The first-order chi connectivity index (χ1) is 9.60. The first-order valence-corrected chi connectivity index (χ1v) is 6.17. The van der Waals surface area contributed by atoms with Crippen LogP contribution >= 0.6 is 15.9 Å². The minimum Gasteiger partial charge on any atom is -0.481 e. The summed E-state index contributed by atoms with van der Waals surface area (Å²) in [4.78, 5) is 17.7. The van der Waals surface area contributed by atoms with Gasteiger partial charge in [-0.3, -0.25) is 0 Å². The lowest BCUT2D eigenvalue weighted by Crippen LogP contribution is -2.01. The van der Waals surface area contributed by atoms with E-state index < -0.39 is 4.92 Å². The first kappa shape index (κ1) is 13.9. The second kappa shape index (κ2) is 6.08. The standard InChI is InChI=1S/C12H7BrN4O3/c13-9-4-11(12(16-6-9)17(18)19)20-7-8-1-2-15-10(3-8)5-14/h1-4,6H,7H2. The number of halogens is 1. The van der Waals surface area contributed by atoms with Crippen LogP contribution in [0.5, 0.6) is 5.75 Å². The quantitative estimate of drug-likeness (QED) is 0.629. The van der Waals surface area contributed by atoms with Crippen molar-refractivity contribution in [3.8, 4) is 11.8 Å². The van der Waals surface area contributed by atoms with Crippen LogP contribution in [-0.2, 0) is 6.61 Å². The first-order valence-electron chi connectivity index (χ1n) is 5.38. The Labute approximate surface area is 122 Å². The fraction of sp³-hybridized carbons (Fsp3) is 0.0833. The van der Waals surface area contributed by atoms with E-state index in [4.69, 9.17) is 10.00 Å². The van der Waals surface area contributed by atoms with Gasteiger partial charge in [-0.25, -0.2) is 4.98 Å². The topological polar surface area (TPSA) is 102 Å². The molecule has 2 aromatic heterocycles. The van der Waals surface area contributed by atoms with E-state index >= 15 is 0 Å². The maximum absolute atomic E-state index is 10.8. The molecule has 0 radical (unpaired) electrons. The molecule has 0 unspecified atom stereocenters. The molecule has 0 aromatic carbocycles. The molecular weight excluding hydrogens is 328 g/mol. The number of hydrogen-bond donors (Lipinski definition) is 0. The lowest BCUT2D eigenvalue weighted by Gasteiger charge is -2.06. The highest BCUT2D eigenvalue weighted by atomic mass is 79.9. The summed E-state index contributed by atoms with van der Waals surface area (Å²) < 4.78 is 5.97. The molecule has 0 aliphatic heterocycles. The predicted octanol–water partition coefficient (Wildman–Crippen LogP) is 2.60. The Bertz CT molecular complexity index is 699. The van der Waals surface area contributed by atoms with Gasteiger partial charge in [-0.05, 0) is 43.5 Å². The van der Waals surface area contributed by atoms with Crippen molar-refractivity contribution in [2.45, 2.75) is 6.61 Å². The Morgan fingerprint density at radius 3 is 2.95 bits per heavy atom. The van der Waals surface area contributed by atoms with Crippen LogP contribution in [0.2, 0.25) is 0 Å². The van der Waals surface area contributed by atoms with Crippen LogP contribution in [0.1, 0.15) is 11.3 Å². The van der Waals surface area contributed by atoms with Crippen molar-refractivity contribution in [2.75, 3.05) is 0 Å². The molecule has 100 valence electrons. The molecule has 2 rings (SSSR count). The van der Waals surface area contributed by atoms with Gasteiger partial charge in [0.1, 0.15) is 18.4 Å². The summed E-state index contributed by atoms with van der Waals surface area (Å²) in [6.07, 6.45) is 2.80. The Morgan fingerprint density at radius 1 is 1.45 bits per heavy atom. The van der Waals surface area contributed by atoms with Gasteiger partial charge in [-0.2, -0.15) is 5.26 Å². The maximum Gasteiger partial charge on any atom is 0.406 e. The number of nitriles is 1. The highest BCUT2D eigenvalue weighted by Gasteiger charge is 2.17. The van der Waals surface area contributed by atoms with Crippen molar-refractivity contribution in [3.05, 3.63) is 56.4 Å². The molecule has 7 nitrogen and oxygen atoms in total. The molecule has 0 spiro atoms. The predicted molar refractivity (Wildman–Crippen MR) is 71.9 cm³/mol. The second-order valence-electron chi connectivity index (χ2n) is 3.68. The fourth-order valence-corrected chi connectivity index (χ4v) is 1.75. The van der Waals surface area contributed by atoms with Gasteiger partial charge in [0.2, 0.25) is 5.75 Å². The molecule has 2 heterocycles. The van der Waals surface area contributed by atoms with E-state index in [1.165, 1.54) is 18.5 Å². The average Bonchev–Trinajstić information content (AvgIpc) is 2.45. The molecule has 2 aromatic rings. The SMILES string of the molecule is N#Cc1cc(COc2cc(Br)cnc2[N+](=O)[O-])ccn1. The van der Waals surface area contributed by atoms with Crippen molar-refractivity contribution in [2.24, 2.45) is 0 Å². The van der Waals surface area contributed by atoms with Gasteiger partial charge < -0.3 is 14.9 Å². The van der Waals surface area contributed by atoms with Crippen molar-refractivity contribution >= 4 is 21.7 Å². The second-order valence-corrected chi connectivity index (χ2v) is 4.60. The third-order valence-electron chi connectivity index (χ3n) is 2.31. The Morgan fingerprint density at radius 2 is 2.25 bits per heavy atom. The minimum absolute atomic E-state index is 0.0553.